The fourth-order valence-corrected chi connectivity index (χ4v) is 3.80. The second-order valence-corrected chi connectivity index (χ2v) is 6.84. The van der Waals surface area contributed by atoms with Crippen LogP contribution >= 0.6 is 11.3 Å². The first kappa shape index (κ1) is 17.2. The predicted octanol–water partition coefficient (Wildman–Crippen LogP) is 5.91. The molecule has 0 amide bonds. The lowest BCUT2D eigenvalue weighted by atomic mass is 10.1. The first-order valence-electron chi connectivity index (χ1n) is 8.64. The summed E-state index contributed by atoms with van der Waals surface area (Å²) in [6.45, 7) is 2.13. The standard InChI is InChI=1S/C22H17NO3S/c1-2-25-22(24)20-19(15-8-4-3-5-9-15)23-21(27-20)17-11-6-10-16(14-17)18-12-7-13-26-18/h3-14H,2H2,1H3. The van der Waals surface area contributed by atoms with Gasteiger partial charge < -0.3 is 9.15 Å². The molecule has 5 heteroatoms. The van der Waals surface area contributed by atoms with E-state index < -0.39 is 0 Å². The van der Waals surface area contributed by atoms with Gasteiger partial charge in [-0.15, -0.1) is 11.3 Å². The number of benzene rings is 2. The Morgan fingerprint density at radius 3 is 2.52 bits per heavy atom. The maximum atomic E-state index is 12.5. The van der Waals surface area contributed by atoms with Crippen molar-refractivity contribution in [3.8, 4) is 33.2 Å². The van der Waals surface area contributed by atoms with E-state index in [0.717, 1.165) is 27.5 Å². The van der Waals surface area contributed by atoms with Crippen molar-refractivity contribution in [1.29, 1.82) is 0 Å². The van der Waals surface area contributed by atoms with E-state index >= 15 is 0 Å². The third-order valence-electron chi connectivity index (χ3n) is 4.05. The van der Waals surface area contributed by atoms with Crippen LogP contribution < -0.4 is 0 Å². The second-order valence-electron chi connectivity index (χ2n) is 5.84. The molecule has 0 aliphatic rings. The summed E-state index contributed by atoms with van der Waals surface area (Å²) in [5.74, 6) is 0.449. The Morgan fingerprint density at radius 2 is 1.78 bits per heavy atom. The Hall–Kier alpha value is -3.18. The third-order valence-corrected chi connectivity index (χ3v) is 5.13. The Morgan fingerprint density at radius 1 is 1.00 bits per heavy atom. The van der Waals surface area contributed by atoms with Gasteiger partial charge in [0.25, 0.3) is 0 Å². The van der Waals surface area contributed by atoms with Crippen LogP contribution in [0, 0.1) is 0 Å². The van der Waals surface area contributed by atoms with Crippen LogP contribution in [0.5, 0.6) is 0 Å². The minimum Gasteiger partial charge on any atom is -0.464 e. The summed E-state index contributed by atoms with van der Waals surface area (Å²) in [5.41, 5.74) is 3.44. The van der Waals surface area contributed by atoms with Crippen molar-refractivity contribution in [2.45, 2.75) is 6.92 Å². The van der Waals surface area contributed by atoms with Gasteiger partial charge in [0.1, 0.15) is 15.6 Å². The molecule has 134 valence electrons. The van der Waals surface area contributed by atoms with Gasteiger partial charge in [-0.1, -0.05) is 48.5 Å². The monoisotopic (exact) mass is 375 g/mol. The van der Waals surface area contributed by atoms with Crippen molar-refractivity contribution in [3.63, 3.8) is 0 Å². The topological polar surface area (TPSA) is 52.3 Å². The number of esters is 1. The molecule has 0 saturated heterocycles. The van der Waals surface area contributed by atoms with Gasteiger partial charge in [0, 0.05) is 16.7 Å². The molecule has 4 aromatic rings. The van der Waals surface area contributed by atoms with Gasteiger partial charge in [-0.2, -0.15) is 0 Å². The summed E-state index contributed by atoms with van der Waals surface area (Å²) in [4.78, 5) is 17.7. The van der Waals surface area contributed by atoms with E-state index in [-0.39, 0.29) is 5.97 Å². The highest BCUT2D eigenvalue weighted by molar-refractivity contribution is 7.17. The van der Waals surface area contributed by atoms with Crippen LogP contribution in [0.15, 0.2) is 77.4 Å². The molecule has 27 heavy (non-hydrogen) atoms. The van der Waals surface area contributed by atoms with E-state index in [1.165, 1.54) is 11.3 Å². The Labute approximate surface area is 161 Å². The predicted molar refractivity (Wildman–Crippen MR) is 107 cm³/mol. The molecular formula is C22H17NO3S. The maximum Gasteiger partial charge on any atom is 0.350 e. The Bertz CT molecular complexity index is 1050. The molecule has 0 fully saturated rings. The molecule has 4 rings (SSSR count). The molecule has 4 nitrogen and oxygen atoms in total. The largest absolute Gasteiger partial charge is 0.464 e. The van der Waals surface area contributed by atoms with E-state index in [4.69, 9.17) is 14.1 Å². The van der Waals surface area contributed by atoms with Crippen molar-refractivity contribution in [2.24, 2.45) is 0 Å². The molecule has 0 atom stereocenters. The van der Waals surface area contributed by atoms with Crippen molar-refractivity contribution in [2.75, 3.05) is 6.61 Å². The van der Waals surface area contributed by atoms with E-state index in [2.05, 4.69) is 0 Å². The average molecular weight is 375 g/mol. The summed E-state index contributed by atoms with van der Waals surface area (Å²) < 4.78 is 10.7. The molecule has 0 unspecified atom stereocenters. The molecule has 0 bridgehead atoms. The summed E-state index contributed by atoms with van der Waals surface area (Å²) in [6, 6.07) is 21.4. The first-order valence-corrected chi connectivity index (χ1v) is 9.45. The molecule has 0 N–H and O–H groups in total. The van der Waals surface area contributed by atoms with Crippen LogP contribution in [-0.4, -0.2) is 17.6 Å². The number of furan rings is 1. The van der Waals surface area contributed by atoms with Gasteiger partial charge >= 0.3 is 5.97 Å². The maximum absolute atomic E-state index is 12.5. The van der Waals surface area contributed by atoms with Crippen LogP contribution in [0.25, 0.3) is 33.2 Å². The number of rotatable bonds is 5. The lowest BCUT2D eigenvalue weighted by Crippen LogP contribution is -2.03. The minimum absolute atomic E-state index is 0.328. The number of ether oxygens (including phenoxy) is 1. The molecule has 2 heterocycles. The lowest BCUT2D eigenvalue weighted by Gasteiger charge is -2.01. The van der Waals surface area contributed by atoms with Crippen LogP contribution in [0.4, 0.5) is 0 Å². The molecule has 0 radical (unpaired) electrons. The number of thiazole rings is 1. The van der Waals surface area contributed by atoms with Crippen molar-refractivity contribution < 1.29 is 13.9 Å². The summed E-state index contributed by atoms with van der Waals surface area (Å²) in [5, 5.41) is 0.769. The second kappa shape index (κ2) is 7.60. The van der Waals surface area contributed by atoms with Crippen LogP contribution in [-0.2, 0) is 4.74 Å². The number of hydrogen-bond acceptors (Lipinski definition) is 5. The van der Waals surface area contributed by atoms with Gasteiger partial charge in [0.05, 0.1) is 18.6 Å². The zero-order chi connectivity index (χ0) is 18.6. The third kappa shape index (κ3) is 3.55. The summed E-state index contributed by atoms with van der Waals surface area (Å²) >= 11 is 1.35. The number of nitrogens with zero attached hydrogens (tertiary/aromatic N) is 1. The highest BCUT2D eigenvalue weighted by atomic mass is 32.1. The fourth-order valence-electron chi connectivity index (χ4n) is 2.82. The molecule has 2 aromatic carbocycles. The first-order chi connectivity index (χ1) is 13.3. The molecule has 0 saturated carbocycles. The van der Waals surface area contributed by atoms with Gasteiger partial charge in [0.15, 0.2) is 0 Å². The number of hydrogen-bond donors (Lipinski definition) is 0. The van der Waals surface area contributed by atoms with Gasteiger partial charge in [-0.3, -0.25) is 0 Å². The molecule has 0 aliphatic heterocycles. The van der Waals surface area contributed by atoms with Crippen molar-refractivity contribution in [3.05, 3.63) is 77.9 Å². The highest BCUT2D eigenvalue weighted by Gasteiger charge is 2.21. The van der Waals surface area contributed by atoms with E-state index in [1.54, 1.807) is 13.2 Å². The smallest absolute Gasteiger partial charge is 0.350 e. The summed E-state index contributed by atoms with van der Waals surface area (Å²) in [6.07, 6.45) is 1.65. The molecule has 0 spiro atoms. The zero-order valence-electron chi connectivity index (χ0n) is 14.7. The number of carbonyl (C=O) groups excluding carboxylic acids is 1. The normalized spacial score (nSPS) is 10.7. The van der Waals surface area contributed by atoms with Crippen LogP contribution in [0.2, 0.25) is 0 Å². The quantitative estimate of drug-likeness (QED) is 0.407. The van der Waals surface area contributed by atoms with E-state index in [0.29, 0.717) is 17.2 Å². The van der Waals surface area contributed by atoms with Gasteiger partial charge in [-0.25, -0.2) is 9.78 Å². The molecular weight excluding hydrogens is 358 g/mol. The fraction of sp³-hybridized carbons (Fsp3) is 0.0909. The number of aromatic nitrogens is 1. The number of carbonyl (C=O) groups is 1. The molecule has 2 aromatic heterocycles. The van der Waals surface area contributed by atoms with Crippen molar-refractivity contribution in [1.82, 2.24) is 4.98 Å². The lowest BCUT2D eigenvalue weighted by molar-refractivity contribution is 0.0532. The Kier molecular flexibility index (Phi) is 4.85. The highest BCUT2D eigenvalue weighted by Crippen LogP contribution is 2.35. The van der Waals surface area contributed by atoms with E-state index in [9.17, 15) is 4.79 Å². The Balaban J connectivity index is 1.80. The van der Waals surface area contributed by atoms with Crippen LogP contribution in [0.3, 0.4) is 0 Å². The average Bonchev–Trinajstić information content (AvgIpc) is 3.39. The van der Waals surface area contributed by atoms with Gasteiger partial charge in [-0.05, 0) is 25.1 Å². The SMILES string of the molecule is CCOC(=O)c1sc(-c2cccc(-c3ccco3)c2)nc1-c1ccccc1. The van der Waals surface area contributed by atoms with E-state index in [1.807, 2.05) is 66.7 Å². The van der Waals surface area contributed by atoms with Gasteiger partial charge in [0.2, 0.25) is 0 Å². The van der Waals surface area contributed by atoms with Crippen LogP contribution in [0.1, 0.15) is 16.6 Å². The zero-order valence-corrected chi connectivity index (χ0v) is 15.5. The molecule has 0 aliphatic carbocycles. The summed E-state index contributed by atoms with van der Waals surface area (Å²) in [7, 11) is 0. The minimum atomic E-state index is -0.345. The van der Waals surface area contributed by atoms with Crippen molar-refractivity contribution >= 4 is 17.3 Å².